The Morgan fingerprint density at radius 2 is 2.06 bits per heavy atom. The molecule has 88 valence electrons. The second-order valence-electron chi connectivity index (χ2n) is 3.43. The molecule has 1 saturated heterocycles. The summed E-state index contributed by atoms with van der Waals surface area (Å²) in [4.78, 5) is 22.1. The monoisotopic (exact) mass is 233 g/mol. The van der Waals surface area contributed by atoms with Gasteiger partial charge in [-0.3, -0.25) is 10.1 Å². The van der Waals surface area contributed by atoms with Gasteiger partial charge in [-0.05, 0) is 29.8 Å². The third-order valence-corrected chi connectivity index (χ3v) is 2.24. The first-order valence-corrected chi connectivity index (χ1v) is 4.98. The Bertz CT molecular complexity index is 467. The molecule has 1 fully saturated rings. The number of urea groups is 1. The zero-order valence-electron chi connectivity index (χ0n) is 9.21. The van der Waals surface area contributed by atoms with Gasteiger partial charge in [-0.1, -0.05) is 0 Å². The average Bonchev–Trinajstić information content (AvgIpc) is 2.66. The van der Waals surface area contributed by atoms with Crippen LogP contribution in [0.3, 0.4) is 0 Å². The van der Waals surface area contributed by atoms with E-state index in [2.05, 4.69) is 10.4 Å². The molecule has 0 aliphatic carbocycles. The third-order valence-electron chi connectivity index (χ3n) is 2.24. The van der Waals surface area contributed by atoms with Crippen LogP contribution in [0, 0.1) is 0 Å². The van der Waals surface area contributed by atoms with E-state index < -0.39 is 6.03 Å². The topological polar surface area (TPSA) is 71.0 Å². The van der Waals surface area contributed by atoms with Crippen LogP contribution < -0.4 is 10.1 Å². The van der Waals surface area contributed by atoms with Gasteiger partial charge in [0, 0.05) is 0 Å². The van der Waals surface area contributed by atoms with Crippen LogP contribution in [-0.4, -0.2) is 36.8 Å². The number of amides is 3. The van der Waals surface area contributed by atoms with Crippen molar-refractivity contribution in [2.75, 3.05) is 13.7 Å². The highest BCUT2D eigenvalue weighted by Crippen LogP contribution is 2.10. The molecule has 1 aromatic rings. The Kier molecular flexibility index (Phi) is 3.04. The van der Waals surface area contributed by atoms with Gasteiger partial charge in [0.1, 0.15) is 12.3 Å². The van der Waals surface area contributed by atoms with Crippen LogP contribution in [0.1, 0.15) is 5.56 Å². The minimum absolute atomic E-state index is 0.0362. The first kappa shape index (κ1) is 11.1. The van der Waals surface area contributed by atoms with Crippen LogP contribution in [0.2, 0.25) is 0 Å². The number of rotatable bonds is 3. The zero-order chi connectivity index (χ0) is 12.3. The fourth-order valence-corrected chi connectivity index (χ4v) is 1.35. The summed E-state index contributed by atoms with van der Waals surface area (Å²) < 4.78 is 5.01. The highest BCUT2D eigenvalue weighted by Gasteiger charge is 2.25. The van der Waals surface area contributed by atoms with Gasteiger partial charge in [-0.25, -0.2) is 9.80 Å². The fourth-order valence-electron chi connectivity index (χ4n) is 1.35. The molecule has 1 N–H and O–H groups in total. The van der Waals surface area contributed by atoms with Crippen molar-refractivity contribution < 1.29 is 14.3 Å². The second kappa shape index (κ2) is 4.65. The second-order valence-corrected chi connectivity index (χ2v) is 3.43. The number of ether oxygens (including phenoxy) is 1. The number of carbonyl (C=O) groups excluding carboxylic acids is 2. The lowest BCUT2D eigenvalue weighted by Crippen LogP contribution is -2.24. The molecule has 0 bridgehead atoms. The Hall–Kier alpha value is -2.37. The number of nitrogens with zero attached hydrogens (tertiary/aromatic N) is 2. The summed E-state index contributed by atoms with van der Waals surface area (Å²) in [7, 11) is 1.59. The molecule has 6 nitrogen and oxygen atoms in total. The van der Waals surface area contributed by atoms with E-state index in [0.29, 0.717) is 0 Å². The first-order valence-electron chi connectivity index (χ1n) is 4.98. The highest BCUT2D eigenvalue weighted by molar-refractivity contribution is 6.02. The van der Waals surface area contributed by atoms with E-state index in [0.717, 1.165) is 16.3 Å². The van der Waals surface area contributed by atoms with Crippen LogP contribution in [-0.2, 0) is 4.79 Å². The zero-order valence-corrected chi connectivity index (χ0v) is 9.21. The van der Waals surface area contributed by atoms with E-state index in [1.165, 1.54) is 6.21 Å². The van der Waals surface area contributed by atoms with Gasteiger partial charge in [0.05, 0.1) is 13.3 Å². The van der Waals surface area contributed by atoms with Gasteiger partial charge in [0.15, 0.2) is 0 Å². The lowest BCUT2D eigenvalue weighted by molar-refractivity contribution is -0.118. The van der Waals surface area contributed by atoms with Crippen LogP contribution in [0.15, 0.2) is 29.4 Å². The summed E-state index contributed by atoms with van der Waals surface area (Å²) in [5, 5.41) is 7.13. The summed E-state index contributed by atoms with van der Waals surface area (Å²) in [6.45, 7) is -0.0362. The minimum Gasteiger partial charge on any atom is -0.497 e. The molecule has 0 atom stereocenters. The molecule has 2 rings (SSSR count). The number of imide groups is 1. The van der Waals surface area contributed by atoms with Crippen molar-refractivity contribution in [3.63, 3.8) is 0 Å². The van der Waals surface area contributed by atoms with Gasteiger partial charge in [0.2, 0.25) is 5.91 Å². The van der Waals surface area contributed by atoms with E-state index in [-0.39, 0.29) is 12.5 Å². The number of hydrogen-bond donors (Lipinski definition) is 1. The van der Waals surface area contributed by atoms with Crippen molar-refractivity contribution in [3.8, 4) is 5.75 Å². The van der Waals surface area contributed by atoms with Crippen LogP contribution >= 0.6 is 0 Å². The van der Waals surface area contributed by atoms with Gasteiger partial charge < -0.3 is 4.74 Å². The molecule has 0 unspecified atom stereocenters. The van der Waals surface area contributed by atoms with Gasteiger partial charge in [-0.15, -0.1) is 0 Å². The normalized spacial score (nSPS) is 15.5. The Morgan fingerprint density at radius 1 is 1.35 bits per heavy atom. The Balaban J connectivity index is 2.04. The maximum Gasteiger partial charge on any atom is 0.344 e. The maximum atomic E-state index is 11.2. The van der Waals surface area contributed by atoms with E-state index in [1.807, 2.05) is 0 Å². The van der Waals surface area contributed by atoms with Crippen molar-refractivity contribution in [1.82, 2.24) is 10.3 Å². The molecule has 1 aliphatic heterocycles. The maximum absolute atomic E-state index is 11.2. The van der Waals surface area contributed by atoms with E-state index >= 15 is 0 Å². The summed E-state index contributed by atoms with van der Waals surface area (Å²) in [5.41, 5.74) is 0.818. The molecular formula is C11H11N3O3. The van der Waals surface area contributed by atoms with Crippen molar-refractivity contribution >= 4 is 18.2 Å². The quantitative estimate of drug-likeness (QED) is 0.613. The summed E-state index contributed by atoms with van der Waals surface area (Å²) in [5.74, 6) is 0.401. The smallest absolute Gasteiger partial charge is 0.344 e. The van der Waals surface area contributed by atoms with Crippen molar-refractivity contribution in [3.05, 3.63) is 29.8 Å². The summed E-state index contributed by atoms with van der Waals surface area (Å²) in [6, 6.07) is 6.68. The van der Waals surface area contributed by atoms with E-state index in [4.69, 9.17) is 4.74 Å². The fraction of sp³-hybridized carbons (Fsp3) is 0.182. The first-order chi connectivity index (χ1) is 8.19. The predicted octanol–water partition coefficient (Wildman–Crippen LogP) is 0.581. The predicted molar refractivity (Wildman–Crippen MR) is 60.8 cm³/mol. The molecule has 0 saturated carbocycles. The highest BCUT2D eigenvalue weighted by atomic mass is 16.5. The number of methoxy groups -OCH3 is 1. The molecule has 0 aromatic heterocycles. The number of benzene rings is 1. The molecule has 3 amide bonds. The van der Waals surface area contributed by atoms with Gasteiger partial charge in [-0.2, -0.15) is 5.10 Å². The minimum atomic E-state index is -0.500. The Labute approximate surface area is 97.9 Å². The molecular weight excluding hydrogens is 222 g/mol. The molecule has 1 heterocycles. The van der Waals surface area contributed by atoms with E-state index in [9.17, 15) is 9.59 Å². The van der Waals surface area contributed by atoms with Crippen molar-refractivity contribution in [2.24, 2.45) is 5.10 Å². The van der Waals surface area contributed by atoms with Gasteiger partial charge >= 0.3 is 6.03 Å². The lowest BCUT2D eigenvalue weighted by atomic mass is 10.2. The average molecular weight is 233 g/mol. The van der Waals surface area contributed by atoms with E-state index in [1.54, 1.807) is 31.4 Å². The van der Waals surface area contributed by atoms with Crippen molar-refractivity contribution in [2.45, 2.75) is 0 Å². The number of hydrogen-bond acceptors (Lipinski definition) is 4. The van der Waals surface area contributed by atoms with Crippen LogP contribution in [0.25, 0.3) is 0 Å². The molecule has 17 heavy (non-hydrogen) atoms. The summed E-state index contributed by atoms with van der Waals surface area (Å²) >= 11 is 0. The standard InChI is InChI=1S/C11H11N3O3/c1-17-9-4-2-8(3-5-9)6-12-14-7-10(15)13-11(14)16/h2-6H,7H2,1H3,(H,13,15,16). The SMILES string of the molecule is COc1ccc(C=NN2CC(=O)NC2=O)cc1. The Morgan fingerprint density at radius 3 is 2.59 bits per heavy atom. The van der Waals surface area contributed by atoms with Crippen LogP contribution in [0.5, 0.6) is 5.75 Å². The molecule has 6 heteroatoms. The molecule has 0 radical (unpaired) electrons. The van der Waals surface area contributed by atoms with Crippen molar-refractivity contribution in [1.29, 1.82) is 0 Å². The number of hydrazone groups is 1. The van der Waals surface area contributed by atoms with Crippen LogP contribution in [0.4, 0.5) is 4.79 Å². The lowest BCUT2D eigenvalue weighted by Gasteiger charge is -2.04. The number of carbonyl (C=O) groups is 2. The molecule has 0 spiro atoms. The summed E-state index contributed by atoms with van der Waals surface area (Å²) in [6.07, 6.45) is 1.51. The van der Waals surface area contributed by atoms with Gasteiger partial charge in [0.25, 0.3) is 0 Å². The largest absolute Gasteiger partial charge is 0.497 e. The molecule has 1 aromatic carbocycles. The molecule has 1 aliphatic rings. The third kappa shape index (κ3) is 2.60. The number of nitrogens with one attached hydrogen (secondary N) is 1.